The van der Waals surface area contributed by atoms with Gasteiger partial charge in [-0.1, -0.05) is 104 Å². The third-order valence-electron chi connectivity index (χ3n) is 7.89. The molecule has 0 bridgehead atoms. The van der Waals surface area contributed by atoms with E-state index in [1.165, 1.54) is 60.0 Å². The molecular formula is C34H35N3. The SMILES string of the molecule is c1ccc(C2=NN(c3ccc(CNc4ccc(C5CCCCC5)cc4)cc3)C(c3ccccc3)C2)cc1. The molecule has 4 aromatic carbocycles. The van der Waals surface area contributed by atoms with Crippen molar-refractivity contribution in [3.05, 3.63) is 131 Å². The van der Waals surface area contributed by atoms with Crippen LogP contribution in [0.5, 0.6) is 0 Å². The lowest BCUT2D eigenvalue weighted by Gasteiger charge is -2.24. The minimum absolute atomic E-state index is 0.197. The maximum atomic E-state index is 5.09. The van der Waals surface area contributed by atoms with E-state index >= 15 is 0 Å². The summed E-state index contributed by atoms with van der Waals surface area (Å²) in [4.78, 5) is 0. The lowest BCUT2D eigenvalue weighted by Crippen LogP contribution is -2.18. The van der Waals surface area contributed by atoms with Gasteiger partial charge in [-0.15, -0.1) is 0 Å². The van der Waals surface area contributed by atoms with E-state index in [9.17, 15) is 0 Å². The second-order valence-corrected chi connectivity index (χ2v) is 10.4. The van der Waals surface area contributed by atoms with Gasteiger partial charge >= 0.3 is 0 Å². The van der Waals surface area contributed by atoms with Crippen molar-refractivity contribution in [2.75, 3.05) is 10.3 Å². The van der Waals surface area contributed by atoms with Crippen molar-refractivity contribution in [3.8, 4) is 0 Å². The number of nitrogens with one attached hydrogen (secondary N) is 1. The second-order valence-electron chi connectivity index (χ2n) is 10.4. The Balaban J connectivity index is 1.15. The van der Waals surface area contributed by atoms with Crippen LogP contribution < -0.4 is 10.3 Å². The van der Waals surface area contributed by atoms with Crippen LogP contribution in [-0.2, 0) is 6.54 Å². The highest BCUT2D eigenvalue weighted by molar-refractivity contribution is 6.03. The minimum Gasteiger partial charge on any atom is -0.381 e. The molecule has 1 fully saturated rings. The average Bonchev–Trinajstić information content (AvgIpc) is 3.44. The monoisotopic (exact) mass is 485 g/mol. The third kappa shape index (κ3) is 5.46. The molecule has 6 rings (SSSR count). The van der Waals surface area contributed by atoms with E-state index in [1.807, 2.05) is 0 Å². The van der Waals surface area contributed by atoms with Gasteiger partial charge in [0.1, 0.15) is 0 Å². The molecule has 1 heterocycles. The van der Waals surface area contributed by atoms with Crippen LogP contribution in [-0.4, -0.2) is 5.71 Å². The highest BCUT2D eigenvalue weighted by Crippen LogP contribution is 2.37. The summed E-state index contributed by atoms with van der Waals surface area (Å²) in [7, 11) is 0. The molecule has 1 N–H and O–H groups in total. The summed E-state index contributed by atoms with van der Waals surface area (Å²) in [5.41, 5.74) is 8.70. The molecule has 3 nitrogen and oxygen atoms in total. The molecule has 0 radical (unpaired) electrons. The summed E-state index contributed by atoms with van der Waals surface area (Å²) >= 11 is 0. The quantitative estimate of drug-likeness (QED) is 0.283. The first kappa shape index (κ1) is 23.5. The van der Waals surface area contributed by atoms with E-state index < -0.39 is 0 Å². The molecule has 2 aliphatic rings. The predicted octanol–water partition coefficient (Wildman–Crippen LogP) is 8.70. The van der Waals surface area contributed by atoms with E-state index in [-0.39, 0.29) is 6.04 Å². The van der Waals surface area contributed by atoms with E-state index in [0.29, 0.717) is 0 Å². The fourth-order valence-electron chi connectivity index (χ4n) is 5.77. The van der Waals surface area contributed by atoms with Crippen LogP contribution in [0.3, 0.4) is 0 Å². The first-order chi connectivity index (χ1) is 18.3. The molecule has 186 valence electrons. The molecule has 1 saturated carbocycles. The largest absolute Gasteiger partial charge is 0.381 e. The van der Waals surface area contributed by atoms with Crippen molar-refractivity contribution in [1.82, 2.24) is 0 Å². The Labute approximate surface area is 220 Å². The number of nitrogens with zero attached hydrogens (tertiary/aromatic N) is 2. The van der Waals surface area contributed by atoms with Crippen LogP contribution in [0.4, 0.5) is 11.4 Å². The number of anilines is 2. The summed E-state index contributed by atoms with van der Waals surface area (Å²) in [5, 5.41) is 10.9. The average molecular weight is 486 g/mol. The molecule has 0 saturated heterocycles. The fraction of sp³-hybridized carbons (Fsp3) is 0.265. The van der Waals surface area contributed by atoms with E-state index in [2.05, 4.69) is 120 Å². The molecule has 0 amide bonds. The van der Waals surface area contributed by atoms with Gasteiger partial charge < -0.3 is 5.32 Å². The molecule has 1 atom stereocenters. The third-order valence-corrected chi connectivity index (χ3v) is 7.89. The lowest BCUT2D eigenvalue weighted by atomic mass is 9.84. The van der Waals surface area contributed by atoms with Gasteiger partial charge in [0, 0.05) is 18.7 Å². The standard InChI is InChI=1S/C34H35N3/c1-4-10-27(11-5-1)28-18-20-31(21-19-28)35-25-26-16-22-32(23-17-26)37-34(30-14-8-3-9-15-30)24-33(36-37)29-12-6-2-7-13-29/h2-3,6-9,12-23,27,34-35H,1,4-5,10-11,24-25H2. The van der Waals surface area contributed by atoms with Gasteiger partial charge in [-0.2, -0.15) is 5.10 Å². The molecule has 3 heteroatoms. The van der Waals surface area contributed by atoms with E-state index in [0.717, 1.165) is 30.3 Å². The van der Waals surface area contributed by atoms with Gasteiger partial charge in [0.25, 0.3) is 0 Å². The summed E-state index contributed by atoms with van der Waals surface area (Å²) in [6, 6.07) is 39.4. The smallest absolute Gasteiger partial charge is 0.0831 e. The Morgan fingerprint density at radius 1 is 0.676 bits per heavy atom. The Kier molecular flexibility index (Phi) is 7.03. The van der Waals surface area contributed by atoms with Crippen molar-refractivity contribution >= 4 is 17.1 Å². The highest BCUT2D eigenvalue weighted by atomic mass is 15.5. The molecule has 1 aliphatic carbocycles. The van der Waals surface area contributed by atoms with Crippen LogP contribution in [0, 0.1) is 0 Å². The molecule has 1 unspecified atom stereocenters. The number of rotatable bonds is 7. The lowest BCUT2D eigenvalue weighted by molar-refractivity contribution is 0.443. The van der Waals surface area contributed by atoms with Gasteiger partial charge in [-0.25, -0.2) is 0 Å². The number of hydrazone groups is 1. The zero-order valence-corrected chi connectivity index (χ0v) is 21.4. The first-order valence-corrected chi connectivity index (χ1v) is 13.7. The highest BCUT2D eigenvalue weighted by Gasteiger charge is 2.29. The van der Waals surface area contributed by atoms with Gasteiger partial charge in [-0.05, 0) is 65.3 Å². The zero-order valence-electron chi connectivity index (χ0n) is 21.4. The normalized spacial score (nSPS) is 18.0. The summed E-state index contributed by atoms with van der Waals surface area (Å²) < 4.78 is 0. The molecule has 4 aromatic rings. The Hall–Kier alpha value is -3.85. The predicted molar refractivity (Wildman–Crippen MR) is 155 cm³/mol. The minimum atomic E-state index is 0.197. The summed E-state index contributed by atoms with van der Waals surface area (Å²) in [6.07, 6.45) is 7.75. The zero-order chi connectivity index (χ0) is 24.9. The van der Waals surface area contributed by atoms with Crippen molar-refractivity contribution in [2.24, 2.45) is 5.10 Å². The van der Waals surface area contributed by atoms with Crippen LogP contribution >= 0.6 is 0 Å². The maximum Gasteiger partial charge on any atom is 0.0831 e. The maximum absolute atomic E-state index is 5.09. The van der Waals surface area contributed by atoms with Crippen molar-refractivity contribution in [3.63, 3.8) is 0 Å². The summed E-state index contributed by atoms with van der Waals surface area (Å²) in [6.45, 7) is 0.809. The van der Waals surface area contributed by atoms with Gasteiger partial charge in [0.15, 0.2) is 0 Å². The Morgan fingerprint density at radius 3 is 2.05 bits per heavy atom. The van der Waals surface area contributed by atoms with Crippen LogP contribution in [0.15, 0.2) is 114 Å². The van der Waals surface area contributed by atoms with Crippen molar-refractivity contribution in [1.29, 1.82) is 0 Å². The van der Waals surface area contributed by atoms with Crippen LogP contribution in [0.1, 0.15) is 72.7 Å². The summed E-state index contributed by atoms with van der Waals surface area (Å²) in [5.74, 6) is 0.755. The topological polar surface area (TPSA) is 27.6 Å². The first-order valence-electron chi connectivity index (χ1n) is 13.7. The second kappa shape index (κ2) is 11.0. The molecule has 37 heavy (non-hydrogen) atoms. The van der Waals surface area contributed by atoms with Crippen LogP contribution in [0.2, 0.25) is 0 Å². The fourth-order valence-corrected chi connectivity index (χ4v) is 5.77. The van der Waals surface area contributed by atoms with Gasteiger partial charge in [-0.3, -0.25) is 5.01 Å². The van der Waals surface area contributed by atoms with E-state index in [4.69, 9.17) is 5.10 Å². The molecule has 0 aromatic heterocycles. The number of hydrogen-bond acceptors (Lipinski definition) is 3. The van der Waals surface area contributed by atoms with E-state index in [1.54, 1.807) is 0 Å². The Bertz CT molecular complexity index is 1310. The van der Waals surface area contributed by atoms with Crippen LogP contribution in [0.25, 0.3) is 0 Å². The Morgan fingerprint density at radius 2 is 1.35 bits per heavy atom. The van der Waals surface area contributed by atoms with Crippen molar-refractivity contribution in [2.45, 2.75) is 57.0 Å². The number of hydrogen-bond donors (Lipinski definition) is 1. The molecule has 0 spiro atoms. The molecule has 1 aliphatic heterocycles. The van der Waals surface area contributed by atoms with Gasteiger partial charge in [0.05, 0.1) is 17.4 Å². The molecular weight excluding hydrogens is 450 g/mol. The van der Waals surface area contributed by atoms with Crippen molar-refractivity contribution < 1.29 is 0 Å². The van der Waals surface area contributed by atoms with Gasteiger partial charge in [0.2, 0.25) is 0 Å². The number of benzene rings is 4.